The molecule has 0 spiro atoms. The van der Waals surface area contributed by atoms with Crippen LogP contribution in [0.5, 0.6) is 11.5 Å². The van der Waals surface area contributed by atoms with E-state index in [0.717, 1.165) is 32.5 Å². The molecule has 1 saturated heterocycles. The van der Waals surface area contributed by atoms with Crippen LogP contribution in [0.25, 0.3) is 0 Å². The van der Waals surface area contributed by atoms with E-state index in [4.69, 9.17) is 9.47 Å². The van der Waals surface area contributed by atoms with Crippen molar-refractivity contribution in [1.29, 1.82) is 0 Å². The van der Waals surface area contributed by atoms with Crippen molar-refractivity contribution in [3.63, 3.8) is 0 Å². The van der Waals surface area contributed by atoms with Gasteiger partial charge in [-0.2, -0.15) is 0 Å². The molecule has 134 valence electrons. The van der Waals surface area contributed by atoms with E-state index >= 15 is 0 Å². The van der Waals surface area contributed by atoms with Crippen molar-refractivity contribution in [2.45, 2.75) is 26.7 Å². The van der Waals surface area contributed by atoms with Crippen LogP contribution in [-0.4, -0.2) is 51.2 Å². The summed E-state index contributed by atoms with van der Waals surface area (Å²) < 4.78 is 11.2. The third-order valence-electron chi connectivity index (χ3n) is 4.43. The zero-order valence-corrected chi connectivity index (χ0v) is 15.3. The Hall–Kier alpha value is -1.75. The molecule has 1 aliphatic heterocycles. The van der Waals surface area contributed by atoms with Gasteiger partial charge in [0.1, 0.15) is 0 Å². The summed E-state index contributed by atoms with van der Waals surface area (Å²) in [4.78, 5) is 14.6. The number of rotatable bonds is 8. The summed E-state index contributed by atoms with van der Waals surface area (Å²) in [6.07, 6.45) is 2.05. The van der Waals surface area contributed by atoms with Gasteiger partial charge in [0, 0.05) is 18.7 Å². The Morgan fingerprint density at radius 3 is 2.83 bits per heavy atom. The van der Waals surface area contributed by atoms with Gasteiger partial charge in [-0.05, 0) is 56.5 Å². The molecule has 5 heteroatoms. The highest BCUT2D eigenvalue weighted by molar-refractivity contribution is 5.95. The zero-order chi connectivity index (χ0) is 17.5. The number of benzene rings is 1. The lowest BCUT2D eigenvalue weighted by atomic mass is 10.1. The van der Waals surface area contributed by atoms with E-state index in [0.29, 0.717) is 35.5 Å². The summed E-state index contributed by atoms with van der Waals surface area (Å²) in [6, 6.07) is 5.47. The number of nitrogens with zero attached hydrogens (tertiary/aromatic N) is 1. The third-order valence-corrected chi connectivity index (χ3v) is 4.43. The molecule has 0 aliphatic carbocycles. The highest BCUT2D eigenvalue weighted by atomic mass is 16.5. The van der Waals surface area contributed by atoms with Gasteiger partial charge in [-0.1, -0.05) is 13.8 Å². The van der Waals surface area contributed by atoms with Crippen LogP contribution in [0.3, 0.4) is 0 Å². The first-order valence-electron chi connectivity index (χ1n) is 8.79. The van der Waals surface area contributed by atoms with E-state index < -0.39 is 0 Å². The number of hydrogen-bond acceptors (Lipinski definition) is 4. The predicted molar refractivity (Wildman–Crippen MR) is 95.9 cm³/mol. The fraction of sp³-hybridized carbons (Fsp3) is 0.632. The molecule has 1 aromatic carbocycles. The Balaban J connectivity index is 2.01. The quantitative estimate of drug-likeness (QED) is 0.794. The summed E-state index contributed by atoms with van der Waals surface area (Å²) in [7, 11) is 3.56. The van der Waals surface area contributed by atoms with Gasteiger partial charge in [-0.3, -0.25) is 4.79 Å². The lowest BCUT2D eigenvalue weighted by Gasteiger charge is -2.18. The van der Waals surface area contributed by atoms with Crippen LogP contribution in [0.1, 0.15) is 37.0 Å². The van der Waals surface area contributed by atoms with Crippen molar-refractivity contribution in [1.82, 2.24) is 10.2 Å². The van der Waals surface area contributed by atoms with Gasteiger partial charge < -0.3 is 19.7 Å². The van der Waals surface area contributed by atoms with Crippen molar-refractivity contribution in [3.8, 4) is 11.5 Å². The van der Waals surface area contributed by atoms with E-state index in [-0.39, 0.29) is 5.91 Å². The van der Waals surface area contributed by atoms with E-state index in [9.17, 15) is 4.79 Å². The van der Waals surface area contributed by atoms with Gasteiger partial charge in [0.05, 0.1) is 13.7 Å². The molecule has 1 unspecified atom stereocenters. The minimum Gasteiger partial charge on any atom is -0.493 e. The highest BCUT2D eigenvalue weighted by Crippen LogP contribution is 2.29. The second-order valence-corrected chi connectivity index (χ2v) is 6.86. The third kappa shape index (κ3) is 4.87. The van der Waals surface area contributed by atoms with E-state index in [1.165, 1.54) is 0 Å². The normalized spacial score (nSPS) is 17.4. The van der Waals surface area contributed by atoms with Crippen LogP contribution in [0.2, 0.25) is 0 Å². The lowest BCUT2D eigenvalue weighted by Crippen LogP contribution is -2.30. The SMILES string of the molecule is CNCC1CCN(C(=O)c2ccc(OCCC(C)C)c(OC)c2)C1. The van der Waals surface area contributed by atoms with Crippen molar-refractivity contribution in [3.05, 3.63) is 23.8 Å². The largest absolute Gasteiger partial charge is 0.493 e. The molecule has 0 radical (unpaired) electrons. The molecule has 1 N–H and O–H groups in total. The molecule has 1 aromatic rings. The van der Waals surface area contributed by atoms with Crippen molar-refractivity contribution < 1.29 is 14.3 Å². The van der Waals surface area contributed by atoms with Gasteiger partial charge in [0.25, 0.3) is 5.91 Å². The predicted octanol–water partition coefficient (Wildman–Crippen LogP) is 2.80. The van der Waals surface area contributed by atoms with Crippen molar-refractivity contribution >= 4 is 5.91 Å². The maximum Gasteiger partial charge on any atom is 0.254 e. The number of carbonyl (C=O) groups excluding carboxylic acids is 1. The van der Waals surface area contributed by atoms with E-state index in [1.54, 1.807) is 13.2 Å². The Bertz CT molecular complexity index is 545. The van der Waals surface area contributed by atoms with E-state index in [2.05, 4.69) is 19.2 Å². The topological polar surface area (TPSA) is 50.8 Å². The van der Waals surface area contributed by atoms with Gasteiger partial charge in [-0.25, -0.2) is 0 Å². The van der Waals surface area contributed by atoms with Crippen LogP contribution in [-0.2, 0) is 0 Å². The Morgan fingerprint density at radius 2 is 2.17 bits per heavy atom. The molecule has 1 amide bonds. The highest BCUT2D eigenvalue weighted by Gasteiger charge is 2.27. The molecule has 1 aliphatic rings. The lowest BCUT2D eigenvalue weighted by molar-refractivity contribution is 0.0786. The van der Waals surface area contributed by atoms with Crippen molar-refractivity contribution in [2.24, 2.45) is 11.8 Å². The van der Waals surface area contributed by atoms with Crippen LogP contribution in [0.4, 0.5) is 0 Å². The maximum absolute atomic E-state index is 12.7. The summed E-state index contributed by atoms with van der Waals surface area (Å²) in [6.45, 7) is 7.57. The first-order chi connectivity index (χ1) is 11.5. The van der Waals surface area contributed by atoms with E-state index in [1.807, 2.05) is 24.1 Å². The van der Waals surface area contributed by atoms with Gasteiger partial charge >= 0.3 is 0 Å². The fourth-order valence-electron chi connectivity index (χ4n) is 2.98. The molecule has 1 fully saturated rings. The number of nitrogens with one attached hydrogen (secondary N) is 1. The minimum absolute atomic E-state index is 0.0700. The van der Waals surface area contributed by atoms with Gasteiger partial charge in [0.15, 0.2) is 11.5 Å². The number of ether oxygens (including phenoxy) is 2. The molecular formula is C19H30N2O3. The maximum atomic E-state index is 12.7. The Labute approximate surface area is 145 Å². The van der Waals surface area contributed by atoms with Crippen molar-refractivity contribution in [2.75, 3.05) is 40.4 Å². The first kappa shape index (κ1) is 18.6. The molecule has 1 heterocycles. The molecular weight excluding hydrogens is 304 g/mol. The zero-order valence-electron chi connectivity index (χ0n) is 15.3. The smallest absolute Gasteiger partial charge is 0.254 e. The van der Waals surface area contributed by atoms with Crippen LogP contribution >= 0.6 is 0 Å². The molecule has 0 bridgehead atoms. The number of methoxy groups -OCH3 is 1. The number of amides is 1. The second kappa shape index (κ2) is 8.92. The fourth-order valence-corrected chi connectivity index (χ4v) is 2.98. The molecule has 24 heavy (non-hydrogen) atoms. The second-order valence-electron chi connectivity index (χ2n) is 6.86. The van der Waals surface area contributed by atoms with Gasteiger partial charge in [-0.15, -0.1) is 0 Å². The summed E-state index contributed by atoms with van der Waals surface area (Å²) in [5.41, 5.74) is 0.660. The summed E-state index contributed by atoms with van der Waals surface area (Å²) >= 11 is 0. The standard InChI is InChI=1S/C19H30N2O3/c1-14(2)8-10-24-17-6-5-16(11-18(17)23-4)19(22)21-9-7-15(13-21)12-20-3/h5-6,11,14-15,20H,7-10,12-13H2,1-4H3. The number of carbonyl (C=O) groups is 1. The molecule has 0 saturated carbocycles. The Morgan fingerprint density at radius 1 is 1.38 bits per heavy atom. The van der Waals surface area contributed by atoms with Crippen LogP contribution in [0.15, 0.2) is 18.2 Å². The number of hydrogen-bond donors (Lipinski definition) is 1. The van der Waals surface area contributed by atoms with Gasteiger partial charge in [0.2, 0.25) is 0 Å². The first-order valence-corrected chi connectivity index (χ1v) is 8.79. The summed E-state index contributed by atoms with van der Waals surface area (Å²) in [5, 5.41) is 3.19. The van der Waals surface area contributed by atoms with Crippen LogP contribution < -0.4 is 14.8 Å². The average molecular weight is 334 g/mol. The summed E-state index contributed by atoms with van der Waals surface area (Å²) in [5.74, 6) is 2.53. The van der Waals surface area contributed by atoms with Crippen LogP contribution in [0, 0.1) is 11.8 Å². The molecule has 2 rings (SSSR count). The number of likely N-dealkylation sites (tertiary alicyclic amines) is 1. The molecule has 0 aromatic heterocycles. The molecule has 5 nitrogen and oxygen atoms in total. The molecule has 1 atom stereocenters. The Kier molecular flexibility index (Phi) is 6.91. The minimum atomic E-state index is 0.0700. The average Bonchev–Trinajstić information content (AvgIpc) is 3.03. The monoisotopic (exact) mass is 334 g/mol.